The van der Waals surface area contributed by atoms with E-state index in [0.717, 1.165) is 22.3 Å². The molecule has 3 nitrogen and oxygen atoms in total. The van der Waals surface area contributed by atoms with Crippen LogP contribution in [0.2, 0.25) is 0 Å². The number of fused-ring (bicyclic) bond motifs is 1. The number of ether oxygens (including phenoxy) is 1. The summed E-state index contributed by atoms with van der Waals surface area (Å²) in [7, 11) is 2.01. The van der Waals surface area contributed by atoms with Gasteiger partial charge in [0.2, 0.25) is 0 Å². The van der Waals surface area contributed by atoms with Gasteiger partial charge in [-0.3, -0.25) is 4.90 Å². The van der Waals surface area contributed by atoms with Crippen molar-refractivity contribution >= 4 is 22.0 Å². The molecule has 4 heteroatoms. The number of likely N-dealkylation sites (N-methyl/N-ethyl adjacent to an activating group) is 1. The molecule has 0 radical (unpaired) electrons. The molecule has 1 aromatic carbocycles. The van der Waals surface area contributed by atoms with E-state index in [1.165, 1.54) is 5.57 Å². The number of aliphatic hydroxyl groups is 1. The van der Waals surface area contributed by atoms with E-state index in [1.807, 2.05) is 33.0 Å². The van der Waals surface area contributed by atoms with Crippen molar-refractivity contribution in [3.05, 3.63) is 33.8 Å². The van der Waals surface area contributed by atoms with Crippen LogP contribution in [0.5, 0.6) is 5.75 Å². The number of nitrogens with zero attached hydrogens (tertiary/aromatic N) is 1. The third-order valence-corrected chi connectivity index (χ3v) is 3.37. The van der Waals surface area contributed by atoms with Gasteiger partial charge in [0.1, 0.15) is 12.4 Å². The standard InChI is InChI=1S/C15H20BrNO2/c1-15(2,18)10-17(3)8-11-6-12-7-13(16)4-5-14(12)19-9-11/h4-7,18H,8-10H2,1-3H3. The van der Waals surface area contributed by atoms with E-state index in [0.29, 0.717) is 13.2 Å². The largest absolute Gasteiger partial charge is 0.489 e. The van der Waals surface area contributed by atoms with E-state index >= 15 is 0 Å². The summed E-state index contributed by atoms with van der Waals surface area (Å²) in [6.45, 7) is 5.69. The van der Waals surface area contributed by atoms with Crippen LogP contribution in [0.25, 0.3) is 6.08 Å². The topological polar surface area (TPSA) is 32.7 Å². The SMILES string of the molecule is CN(CC1=Cc2cc(Br)ccc2OC1)CC(C)(C)O. The molecule has 1 N–H and O–H groups in total. The Kier molecular flexibility index (Phi) is 4.33. The van der Waals surface area contributed by atoms with Crippen LogP contribution in [0.15, 0.2) is 28.2 Å². The molecule has 0 spiro atoms. The Balaban J connectivity index is 2.07. The molecule has 2 rings (SSSR count). The van der Waals surface area contributed by atoms with E-state index < -0.39 is 5.60 Å². The summed E-state index contributed by atoms with van der Waals surface area (Å²) < 4.78 is 6.80. The van der Waals surface area contributed by atoms with Crippen LogP contribution in [0.1, 0.15) is 19.4 Å². The van der Waals surface area contributed by atoms with Crippen LogP contribution >= 0.6 is 15.9 Å². The first-order chi connectivity index (χ1) is 8.83. The summed E-state index contributed by atoms with van der Waals surface area (Å²) in [5.41, 5.74) is 1.65. The number of rotatable bonds is 4. The normalized spacial score (nSPS) is 14.9. The number of halogens is 1. The van der Waals surface area contributed by atoms with Crippen molar-refractivity contribution in [1.29, 1.82) is 0 Å². The highest BCUT2D eigenvalue weighted by Gasteiger charge is 2.18. The molecule has 0 amide bonds. The lowest BCUT2D eigenvalue weighted by atomic mass is 10.1. The molecule has 19 heavy (non-hydrogen) atoms. The van der Waals surface area contributed by atoms with Crippen LogP contribution in [0.4, 0.5) is 0 Å². The third kappa shape index (κ3) is 4.34. The molecule has 0 bridgehead atoms. The number of hydrogen-bond donors (Lipinski definition) is 1. The van der Waals surface area contributed by atoms with Crippen LogP contribution in [0.3, 0.4) is 0 Å². The highest BCUT2D eigenvalue weighted by Crippen LogP contribution is 2.29. The summed E-state index contributed by atoms with van der Waals surface area (Å²) in [6.07, 6.45) is 2.17. The molecular weight excluding hydrogens is 306 g/mol. The van der Waals surface area contributed by atoms with Crippen LogP contribution in [0, 0.1) is 0 Å². The zero-order valence-electron chi connectivity index (χ0n) is 11.6. The average Bonchev–Trinajstić information content (AvgIpc) is 2.25. The monoisotopic (exact) mass is 325 g/mol. The first-order valence-electron chi connectivity index (χ1n) is 6.36. The maximum atomic E-state index is 9.81. The minimum Gasteiger partial charge on any atom is -0.489 e. The Morgan fingerprint density at radius 2 is 2.16 bits per heavy atom. The predicted molar refractivity (Wildman–Crippen MR) is 81.4 cm³/mol. The van der Waals surface area contributed by atoms with Crippen molar-refractivity contribution < 1.29 is 9.84 Å². The summed E-state index contributed by atoms with van der Waals surface area (Å²) >= 11 is 3.47. The summed E-state index contributed by atoms with van der Waals surface area (Å²) in [5, 5.41) is 9.81. The Hall–Kier alpha value is -0.840. The van der Waals surface area contributed by atoms with Gasteiger partial charge in [-0.05, 0) is 50.7 Å². The second kappa shape index (κ2) is 5.65. The highest BCUT2D eigenvalue weighted by atomic mass is 79.9. The Labute approximate surface area is 123 Å². The molecule has 0 unspecified atom stereocenters. The number of hydrogen-bond acceptors (Lipinski definition) is 3. The first kappa shape index (κ1) is 14.6. The molecule has 0 aliphatic carbocycles. The maximum Gasteiger partial charge on any atom is 0.127 e. The van der Waals surface area contributed by atoms with Gasteiger partial charge >= 0.3 is 0 Å². The maximum absolute atomic E-state index is 9.81. The second-order valence-corrected chi connectivity index (χ2v) is 6.67. The van der Waals surface area contributed by atoms with E-state index in [9.17, 15) is 5.11 Å². The third-order valence-electron chi connectivity index (χ3n) is 2.87. The Bertz CT molecular complexity index is 491. The molecule has 1 aliphatic heterocycles. The van der Waals surface area contributed by atoms with E-state index in [1.54, 1.807) is 0 Å². The molecule has 0 saturated heterocycles. The lowest BCUT2D eigenvalue weighted by molar-refractivity contribution is 0.0467. The molecular formula is C15H20BrNO2. The minimum absolute atomic E-state index is 0.616. The summed E-state index contributed by atoms with van der Waals surface area (Å²) in [4.78, 5) is 2.11. The summed E-state index contributed by atoms with van der Waals surface area (Å²) in [6, 6.07) is 6.02. The van der Waals surface area contributed by atoms with Crippen LogP contribution in [-0.4, -0.2) is 42.4 Å². The molecule has 1 aromatic rings. The molecule has 0 fully saturated rings. The lowest BCUT2D eigenvalue weighted by Gasteiger charge is -2.27. The molecule has 0 aromatic heterocycles. The molecule has 1 heterocycles. The summed E-state index contributed by atoms with van der Waals surface area (Å²) in [5.74, 6) is 0.928. The van der Waals surface area contributed by atoms with Crippen molar-refractivity contribution in [2.24, 2.45) is 0 Å². The van der Waals surface area contributed by atoms with Gasteiger partial charge in [0.05, 0.1) is 5.60 Å². The second-order valence-electron chi connectivity index (χ2n) is 5.76. The van der Waals surface area contributed by atoms with Gasteiger partial charge in [-0.1, -0.05) is 15.9 Å². The van der Waals surface area contributed by atoms with Gasteiger partial charge in [-0.2, -0.15) is 0 Å². The van der Waals surface area contributed by atoms with Gasteiger partial charge in [-0.25, -0.2) is 0 Å². The van der Waals surface area contributed by atoms with Crippen molar-refractivity contribution in [2.75, 3.05) is 26.7 Å². The zero-order valence-corrected chi connectivity index (χ0v) is 13.2. The quantitative estimate of drug-likeness (QED) is 0.923. The first-order valence-corrected chi connectivity index (χ1v) is 7.15. The molecule has 104 valence electrons. The average molecular weight is 326 g/mol. The van der Waals surface area contributed by atoms with Gasteiger partial charge in [0.15, 0.2) is 0 Å². The Morgan fingerprint density at radius 3 is 2.84 bits per heavy atom. The predicted octanol–water partition coefficient (Wildman–Crippen LogP) is 2.93. The van der Waals surface area contributed by atoms with Gasteiger partial charge < -0.3 is 9.84 Å². The van der Waals surface area contributed by atoms with Crippen molar-refractivity contribution in [3.63, 3.8) is 0 Å². The smallest absolute Gasteiger partial charge is 0.127 e. The molecule has 0 saturated carbocycles. The van der Waals surface area contributed by atoms with Gasteiger partial charge in [0, 0.05) is 23.1 Å². The van der Waals surface area contributed by atoms with Crippen LogP contribution < -0.4 is 4.74 Å². The number of benzene rings is 1. The fraction of sp³-hybridized carbons (Fsp3) is 0.467. The van der Waals surface area contributed by atoms with Crippen molar-refractivity contribution in [3.8, 4) is 5.75 Å². The fourth-order valence-electron chi connectivity index (χ4n) is 2.35. The van der Waals surface area contributed by atoms with Crippen molar-refractivity contribution in [2.45, 2.75) is 19.4 Å². The van der Waals surface area contributed by atoms with E-state index in [-0.39, 0.29) is 0 Å². The minimum atomic E-state index is -0.675. The van der Waals surface area contributed by atoms with Gasteiger partial charge in [0.25, 0.3) is 0 Å². The highest BCUT2D eigenvalue weighted by molar-refractivity contribution is 9.10. The van der Waals surface area contributed by atoms with Crippen LogP contribution in [-0.2, 0) is 0 Å². The molecule has 0 atom stereocenters. The lowest BCUT2D eigenvalue weighted by Crippen LogP contribution is -2.37. The Morgan fingerprint density at radius 1 is 1.42 bits per heavy atom. The molecule has 1 aliphatic rings. The van der Waals surface area contributed by atoms with Gasteiger partial charge in [-0.15, -0.1) is 0 Å². The fourth-order valence-corrected chi connectivity index (χ4v) is 2.73. The zero-order chi connectivity index (χ0) is 14.0. The van der Waals surface area contributed by atoms with Crippen molar-refractivity contribution in [1.82, 2.24) is 4.90 Å². The van der Waals surface area contributed by atoms with E-state index in [2.05, 4.69) is 33.0 Å². The van der Waals surface area contributed by atoms with E-state index in [4.69, 9.17) is 4.74 Å².